The molecule has 0 fully saturated rings. The van der Waals surface area contributed by atoms with E-state index in [9.17, 15) is 4.79 Å². The molecule has 2 aromatic carbocycles. The Kier molecular flexibility index (Phi) is 6.86. The zero-order valence-corrected chi connectivity index (χ0v) is 15.9. The summed E-state index contributed by atoms with van der Waals surface area (Å²) in [7, 11) is 3.02. The number of hydrogen-bond donors (Lipinski definition) is 1. The van der Waals surface area contributed by atoms with Gasteiger partial charge in [-0.2, -0.15) is 5.10 Å². The second-order valence-electron chi connectivity index (χ2n) is 5.59. The molecule has 0 aromatic heterocycles. The number of aryl methyl sites for hydroxylation is 2. The van der Waals surface area contributed by atoms with Gasteiger partial charge in [0.15, 0.2) is 18.1 Å². The minimum atomic E-state index is -0.367. The summed E-state index contributed by atoms with van der Waals surface area (Å²) in [5.74, 6) is 1.23. The molecule has 0 aliphatic rings. The Morgan fingerprint density at radius 1 is 1.15 bits per heavy atom. The molecular formula is C19H21ClN2O4. The van der Waals surface area contributed by atoms with Gasteiger partial charge in [-0.25, -0.2) is 5.43 Å². The average molecular weight is 377 g/mol. The van der Waals surface area contributed by atoms with E-state index >= 15 is 0 Å². The monoisotopic (exact) mass is 376 g/mol. The number of hydrazone groups is 1. The third-order valence-corrected chi connectivity index (χ3v) is 3.84. The van der Waals surface area contributed by atoms with E-state index in [1.165, 1.54) is 20.4 Å². The number of nitrogens with zero attached hydrogens (tertiary/aromatic N) is 1. The molecule has 0 atom stereocenters. The van der Waals surface area contributed by atoms with Gasteiger partial charge in [0.1, 0.15) is 5.75 Å². The second-order valence-corrected chi connectivity index (χ2v) is 6.00. The van der Waals surface area contributed by atoms with Gasteiger partial charge in [-0.3, -0.25) is 4.79 Å². The first-order valence-corrected chi connectivity index (χ1v) is 8.26. The maximum atomic E-state index is 11.9. The Hall–Kier alpha value is -2.73. The Bertz CT molecular complexity index is 821. The fourth-order valence-corrected chi connectivity index (χ4v) is 2.53. The van der Waals surface area contributed by atoms with Crippen molar-refractivity contribution in [1.29, 1.82) is 0 Å². The molecule has 0 unspecified atom stereocenters. The summed E-state index contributed by atoms with van der Waals surface area (Å²) in [4.78, 5) is 11.9. The van der Waals surface area contributed by atoms with Crippen molar-refractivity contribution >= 4 is 23.7 Å². The standard InChI is InChI=1S/C19H21ClN2O4/c1-12-5-6-13(2)16(7-12)26-11-18(23)22-21-10-14-8-15(20)19(25-4)17(9-14)24-3/h5-10H,11H2,1-4H3,(H,22,23)/b21-10-. The molecular weight excluding hydrogens is 356 g/mol. The summed E-state index contributed by atoms with van der Waals surface area (Å²) >= 11 is 6.13. The van der Waals surface area contributed by atoms with Gasteiger partial charge in [0, 0.05) is 0 Å². The van der Waals surface area contributed by atoms with Crippen molar-refractivity contribution < 1.29 is 19.0 Å². The summed E-state index contributed by atoms with van der Waals surface area (Å²) < 4.78 is 15.9. The summed E-state index contributed by atoms with van der Waals surface area (Å²) in [5.41, 5.74) is 5.10. The lowest BCUT2D eigenvalue weighted by atomic mass is 10.1. The summed E-state index contributed by atoms with van der Waals surface area (Å²) in [6.45, 7) is 3.75. The van der Waals surface area contributed by atoms with Gasteiger partial charge in [-0.15, -0.1) is 0 Å². The third-order valence-electron chi connectivity index (χ3n) is 3.56. The van der Waals surface area contributed by atoms with Gasteiger partial charge in [0.2, 0.25) is 0 Å². The maximum Gasteiger partial charge on any atom is 0.277 e. The predicted molar refractivity (Wildman–Crippen MR) is 102 cm³/mol. The number of benzene rings is 2. The predicted octanol–water partition coefficient (Wildman–Crippen LogP) is 3.50. The van der Waals surface area contributed by atoms with Crippen molar-refractivity contribution in [3.63, 3.8) is 0 Å². The third kappa shape index (κ3) is 5.13. The second kappa shape index (κ2) is 9.10. The quantitative estimate of drug-likeness (QED) is 0.593. The smallest absolute Gasteiger partial charge is 0.277 e. The maximum absolute atomic E-state index is 11.9. The van der Waals surface area contributed by atoms with Gasteiger partial charge < -0.3 is 14.2 Å². The van der Waals surface area contributed by atoms with Gasteiger partial charge >= 0.3 is 0 Å². The summed E-state index contributed by atoms with van der Waals surface area (Å²) in [5, 5.41) is 4.29. The average Bonchev–Trinajstić information content (AvgIpc) is 2.62. The first-order chi connectivity index (χ1) is 12.4. The Morgan fingerprint density at radius 3 is 2.62 bits per heavy atom. The van der Waals surface area contributed by atoms with Crippen molar-refractivity contribution in [2.24, 2.45) is 5.10 Å². The van der Waals surface area contributed by atoms with Crippen LogP contribution in [-0.2, 0) is 4.79 Å². The molecule has 138 valence electrons. The van der Waals surface area contributed by atoms with Crippen molar-refractivity contribution in [2.45, 2.75) is 13.8 Å². The highest BCUT2D eigenvalue weighted by molar-refractivity contribution is 6.32. The molecule has 0 spiro atoms. The molecule has 0 aliphatic heterocycles. The van der Waals surface area contributed by atoms with Crippen LogP contribution < -0.4 is 19.6 Å². The number of ether oxygens (including phenoxy) is 3. The van der Waals surface area contributed by atoms with E-state index in [2.05, 4.69) is 10.5 Å². The van der Waals surface area contributed by atoms with Crippen molar-refractivity contribution in [2.75, 3.05) is 20.8 Å². The van der Waals surface area contributed by atoms with E-state index in [4.69, 9.17) is 25.8 Å². The summed E-state index contributed by atoms with van der Waals surface area (Å²) in [6, 6.07) is 9.18. The molecule has 6 nitrogen and oxygen atoms in total. The first kappa shape index (κ1) is 19.6. The molecule has 0 radical (unpaired) electrons. The van der Waals surface area contributed by atoms with Gasteiger partial charge in [-0.1, -0.05) is 23.7 Å². The molecule has 7 heteroatoms. The number of halogens is 1. The Labute approximate surface area is 157 Å². The number of methoxy groups -OCH3 is 2. The van der Waals surface area contributed by atoms with Crippen LogP contribution in [0.1, 0.15) is 16.7 Å². The van der Waals surface area contributed by atoms with Gasteiger partial charge in [-0.05, 0) is 48.7 Å². The lowest BCUT2D eigenvalue weighted by Crippen LogP contribution is -2.24. The number of carbonyl (C=O) groups excluding carboxylic acids is 1. The molecule has 0 heterocycles. The molecule has 0 bridgehead atoms. The molecule has 2 rings (SSSR count). The molecule has 1 N–H and O–H groups in total. The molecule has 1 amide bonds. The topological polar surface area (TPSA) is 69.2 Å². The van der Waals surface area contributed by atoms with Crippen LogP contribution in [-0.4, -0.2) is 32.9 Å². The highest BCUT2D eigenvalue weighted by atomic mass is 35.5. The Balaban J connectivity index is 1.94. The number of hydrogen-bond acceptors (Lipinski definition) is 5. The highest BCUT2D eigenvalue weighted by Crippen LogP contribution is 2.35. The van der Waals surface area contributed by atoms with Gasteiger partial charge in [0.05, 0.1) is 25.5 Å². The van der Waals surface area contributed by atoms with Crippen LogP contribution in [0.4, 0.5) is 0 Å². The lowest BCUT2D eigenvalue weighted by molar-refractivity contribution is -0.123. The van der Waals surface area contributed by atoms with Crippen molar-refractivity contribution in [1.82, 2.24) is 5.43 Å². The molecule has 0 aliphatic carbocycles. The van der Waals surface area contributed by atoms with Crippen LogP contribution in [0.5, 0.6) is 17.2 Å². The number of amides is 1. The lowest BCUT2D eigenvalue weighted by Gasteiger charge is -2.10. The van der Waals surface area contributed by atoms with Crippen LogP contribution >= 0.6 is 11.6 Å². The zero-order valence-electron chi connectivity index (χ0n) is 15.1. The first-order valence-electron chi connectivity index (χ1n) is 7.88. The van der Waals surface area contributed by atoms with Crippen molar-refractivity contribution in [3.05, 3.63) is 52.0 Å². The molecule has 0 saturated carbocycles. The van der Waals surface area contributed by atoms with E-state index in [-0.39, 0.29) is 12.5 Å². The highest BCUT2D eigenvalue weighted by Gasteiger charge is 2.10. The van der Waals surface area contributed by atoms with Crippen LogP contribution in [0.15, 0.2) is 35.4 Å². The fraction of sp³-hybridized carbons (Fsp3) is 0.263. The van der Waals surface area contributed by atoms with Crippen molar-refractivity contribution in [3.8, 4) is 17.2 Å². The van der Waals surface area contributed by atoms with Crippen LogP contribution in [0.3, 0.4) is 0 Å². The van der Waals surface area contributed by atoms with Crippen LogP contribution in [0.25, 0.3) is 0 Å². The van der Waals surface area contributed by atoms with Crippen LogP contribution in [0.2, 0.25) is 5.02 Å². The van der Waals surface area contributed by atoms with E-state index < -0.39 is 0 Å². The van der Waals surface area contributed by atoms with E-state index in [0.29, 0.717) is 27.8 Å². The molecule has 2 aromatic rings. The molecule has 0 saturated heterocycles. The number of nitrogens with one attached hydrogen (secondary N) is 1. The fourth-order valence-electron chi connectivity index (χ4n) is 2.23. The minimum absolute atomic E-state index is 0.131. The SMILES string of the molecule is COc1cc(/C=N\NC(=O)COc2cc(C)ccc2C)cc(Cl)c1OC. The number of carbonyl (C=O) groups is 1. The normalized spacial score (nSPS) is 10.7. The van der Waals surface area contributed by atoms with Gasteiger partial charge in [0.25, 0.3) is 5.91 Å². The van der Waals surface area contributed by atoms with E-state index in [1.807, 2.05) is 32.0 Å². The van der Waals surface area contributed by atoms with E-state index in [1.54, 1.807) is 12.1 Å². The zero-order chi connectivity index (χ0) is 19.1. The largest absolute Gasteiger partial charge is 0.493 e. The van der Waals surface area contributed by atoms with E-state index in [0.717, 1.165) is 11.1 Å². The minimum Gasteiger partial charge on any atom is -0.493 e. The summed E-state index contributed by atoms with van der Waals surface area (Å²) in [6.07, 6.45) is 1.46. The number of rotatable bonds is 7. The Morgan fingerprint density at radius 2 is 1.92 bits per heavy atom. The van der Waals surface area contributed by atoms with Crippen LogP contribution in [0, 0.1) is 13.8 Å². The molecule has 26 heavy (non-hydrogen) atoms.